The number of aryl methyl sites for hydroxylation is 1. The van der Waals surface area contributed by atoms with E-state index in [-0.39, 0.29) is 41.5 Å². The second-order valence-corrected chi connectivity index (χ2v) is 14.6. The molecule has 3 N–H and O–H groups in total. The van der Waals surface area contributed by atoms with Crippen molar-refractivity contribution in [3.8, 4) is 17.0 Å². The van der Waals surface area contributed by atoms with Crippen molar-refractivity contribution >= 4 is 47.1 Å². The van der Waals surface area contributed by atoms with Crippen molar-refractivity contribution in [3.63, 3.8) is 0 Å². The molecule has 0 unspecified atom stereocenters. The van der Waals surface area contributed by atoms with E-state index in [0.29, 0.717) is 54.4 Å². The standard InChI is InChI=1S/C36H45Cl2N5O7/c1-21(2)17-27(40-35(48)50-36(3,4)5)33(45)39-19-30(44)43-15-13-23(14-16-43)28-18-26(41-42(28)6)25-11-12-29(32(38)31(25)37)49-20-22-7-9-24(10-8-22)34(46)47/h7-12,18,21,23,27H,13-17,19-20H2,1-6H3,(H,39,45)(H,40,48)(H,46,47)/t27-/m0/s1. The van der Waals surface area contributed by atoms with E-state index in [1.54, 1.807) is 49.9 Å². The molecule has 50 heavy (non-hydrogen) atoms. The maximum atomic E-state index is 13.0. The van der Waals surface area contributed by atoms with Gasteiger partial charge in [-0.25, -0.2) is 9.59 Å². The van der Waals surface area contributed by atoms with Crippen molar-refractivity contribution in [2.24, 2.45) is 13.0 Å². The van der Waals surface area contributed by atoms with Crippen LogP contribution in [0, 0.1) is 5.92 Å². The van der Waals surface area contributed by atoms with Gasteiger partial charge in [0.2, 0.25) is 11.8 Å². The molecule has 1 aliphatic heterocycles. The highest BCUT2D eigenvalue weighted by Gasteiger charge is 2.29. The van der Waals surface area contributed by atoms with Gasteiger partial charge in [-0.05, 0) is 81.8 Å². The van der Waals surface area contributed by atoms with Gasteiger partial charge in [-0.1, -0.05) is 49.2 Å². The predicted molar refractivity (Wildman–Crippen MR) is 191 cm³/mol. The number of aromatic nitrogens is 2. The number of ether oxygens (including phenoxy) is 2. The Labute approximate surface area is 302 Å². The molecule has 1 saturated heterocycles. The van der Waals surface area contributed by atoms with E-state index in [2.05, 4.69) is 10.6 Å². The summed E-state index contributed by atoms with van der Waals surface area (Å²) in [6.07, 6.45) is 1.15. The first-order valence-corrected chi connectivity index (χ1v) is 17.3. The summed E-state index contributed by atoms with van der Waals surface area (Å²) in [5, 5.41) is 19.7. The number of aromatic carboxylic acids is 1. The summed E-state index contributed by atoms with van der Waals surface area (Å²) >= 11 is 13.3. The lowest BCUT2D eigenvalue weighted by Crippen LogP contribution is -2.51. The van der Waals surface area contributed by atoms with Crippen molar-refractivity contribution in [3.05, 3.63) is 69.3 Å². The van der Waals surface area contributed by atoms with Crippen LogP contribution in [-0.4, -0.2) is 74.9 Å². The zero-order valence-electron chi connectivity index (χ0n) is 29.2. The highest BCUT2D eigenvalue weighted by Crippen LogP contribution is 2.40. The third-order valence-electron chi connectivity index (χ3n) is 8.23. The fourth-order valence-electron chi connectivity index (χ4n) is 5.72. The van der Waals surface area contributed by atoms with Crippen LogP contribution in [0.5, 0.6) is 5.75 Å². The summed E-state index contributed by atoms with van der Waals surface area (Å²) in [6.45, 7) is 10.2. The highest BCUT2D eigenvalue weighted by molar-refractivity contribution is 6.44. The Hall–Kier alpha value is -4.29. The molecule has 270 valence electrons. The van der Waals surface area contributed by atoms with E-state index in [1.165, 1.54) is 12.1 Å². The second-order valence-electron chi connectivity index (χ2n) is 13.8. The van der Waals surface area contributed by atoms with E-state index in [9.17, 15) is 19.2 Å². The molecule has 4 rings (SSSR count). The van der Waals surface area contributed by atoms with Gasteiger partial charge in [-0.2, -0.15) is 5.10 Å². The van der Waals surface area contributed by atoms with Gasteiger partial charge in [0.1, 0.15) is 29.0 Å². The van der Waals surface area contributed by atoms with Crippen molar-refractivity contribution in [2.45, 2.75) is 78.0 Å². The quantitative estimate of drug-likeness (QED) is 0.193. The number of carboxylic acid groups (broad SMARTS) is 1. The lowest BCUT2D eigenvalue weighted by molar-refractivity contribution is -0.134. The summed E-state index contributed by atoms with van der Waals surface area (Å²) < 4.78 is 13.0. The Bertz CT molecular complexity index is 1690. The van der Waals surface area contributed by atoms with Gasteiger partial charge in [0.25, 0.3) is 0 Å². The smallest absolute Gasteiger partial charge is 0.408 e. The first-order valence-electron chi connectivity index (χ1n) is 16.5. The molecule has 3 amide bonds. The Kier molecular flexibility index (Phi) is 12.8. The van der Waals surface area contributed by atoms with E-state index in [1.807, 2.05) is 31.6 Å². The molecule has 1 aromatic heterocycles. The molecule has 0 radical (unpaired) electrons. The number of halogens is 2. The molecule has 12 nitrogen and oxygen atoms in total. The number of hydrogen-bond acceptors (Lipinski definition) is 7. The number of nitrogens with zero attached hydrogens (tertiary/aromatic N) is 3. The minimum absolute atomic E-state index is 0.132. The number of alkyl carbamates (subject to hydrolysis) is 1. The summed E-state index contributed by atoms with van der Waals surface area (Å²) in [5.74, 6) is -0.945. The third-order valence-corrected chi connectivity index (χ3v) is 9.09. The summed E-state index contributed by atoms with van der Waals surface area (Å²) in [5.41, 5.74) is 2.58. The average molecular weight is 731 g/mol. The number of likely N-dealkylation sites (tertiary alicyclic amines) is 1. The molecule has 3 aromatic rings. The Morgan fingerprint density at radius 3 is 2.28 bits per heavy atom. The molecule has 1 fully saturated rings. The molecule has 2 heterocycles. The molecule has 1 aliphatic rings. The van der Waals surface area contributed by atoms with E-state index in [0.717, 1.165) is 11.3 Å². The molecular formula is C36H45Cl2N5O7. The summed E-state index contributed by atoms with van der Waals surface area (Å²) in [6, 6.07) is 11.1. The zero-order chi connectivity index (χ0) is 36.7. The fourth-order valence-corrected chi connectivity index (χ4v) is 6.19. The van der Waals surface area contributed by atoms with Gasteiger partial charge in [0.15, 0.2) is 0 Å². The molecule has 14 heteroatoms. The van der Waals surface area contributed by atoms with E-state index >= 15 is 0 Å². The molecule has 1 atom stereocenters. The van der Waals surface area contributed by atoms with Crippen LogP contribution >= 0.6 is 23.2 Å². The van der Waals surface area contributed by atoms with Gasteiger partial charge in [-0.3, -0.25) is 14.3 Å². The van der Waals surface area contributed by atoms with Crippen molar-refractivity contribution in [1.82, 2.24) is 25.3 Å². The molecule has 0 aliphatic carbocycles. The van der Waals surface area contributed by atoms with Crippen molar-refractivity contribution in [2.75, 3.05) is 19.6 Å². The number of carbonyl (C=O) groups excluding carboxylic acids is 3. The zero-order valence-corrected chi connectivity index (χ0v) is 30.7. The summed E-state index contributed by atoms with van der Waals surface area (Å²) in [4.78, 5) is 51.1. The van der Waals surface area contributed by atoms with Gasteiger partial charge in [-0.15, -0.1) is 0 Å². The Balaban J connectivity index is 1.32. The van der Waals surface area contributed by atoms with Crippen LogP contribution in [0.25, 0.3) is 11.3 Å². The number of hydrogen-bond donors (Lipinski definition) is 3. The fraction of sp³-hybridized carbons (Fsp3) is 0.472. The van der Waals surface area contributed by atoms with Crippen LogP contribution in [0.15, 0.2) is 42.5 Å². The molecule has 0 bridgehead atoms. The number of amides is 3. The SMILES string of the molecule is CC(C)C[C@H](NC(=O)OC(C)(C)C)C(=O)NCC(=O)N1CCC(c2cc(-c3ccc(OCc4ccc(C(=O)O)cc4)c(Cl)c3Cl)nn2C)CC1. The van der Waals surface area contributed by atoms with Crippen molar-refractivity contribution < 1.29 is 33.8 Å². The first kappa shape index (κ1) is 38.5. The topological polar surface area (TPSA) is 152 Å². The monoisotopic (exact) mass is 729 g/mol. The Morgan fingerprint density at radius 2 is 1.68 bits per heavy atom. The van der Waals surface area contributed by atoms with Gasteiger partial charge in [0.05, 0.1) is 22.8 Å². The van der Waals surface area contributed by atoms with Crippen molar-refractivity contribution in [1.29, 1.82) is 0 Å². The maximum absolute atomic E-state index is 13.0. The first-order chi connectivity index (χ1) is 23.5. The second kappa shape index (κ2) is 16.6. The highest BCUT2D eigenvalue weighted by atomic mass is 35.5. The lowest BCUT2D eigenvalue weighted by Gasteiger charge is -2.32. The van der Waals surface area contributed by atoms with Crippen LogP contribution in [0.3, 0.4) is 0 Å². The minimum Gasteiger partial charge on any atom is -0.487 e. The average Bonchev–Trinajstić information content (AvgIpc) is 3.43. The van der Waals surface area contributed by atoms with E-state index < -0.39 is 29.6 Å². The largest absolute Gasteiger partial charge is 0.487 e. The van der Waals surface area contributed by atoms with Crippen LogP contribution in [0.1, 0.15) is 81.4 Å². The molecular weight excluding hydrogens is 685 g/mol. The maximum Gasteiger partial charge on any atom is 0.408 e. The van der Waals surface area contributed by atoms with Gasteiger partial charge in [0, 0.05) is 37.3 Å². The van der Waals surface area contributed by atoms with Crippen LogP contribution in [0.2, 0.25) is 10.0 Å². The van der Waals surface area contributed by atoms with Crippen LogP contribution in [0.4, 0.5) is 4.79 Å². The van der Waals surface area contributed by atoms with Crippen LogP contribution < -0.4 is 15.4 Å². The Morgan fingerprint density at radius 1 is 1.02 bits per heavy atom. The number of nitrogens with one attached hydrogen (secondary N) is 2. The molecule has 2 aromatic carbocycles. The number of carboxylic acids is 1. The van der Waals surface area contributed by atoms with E-state index in [4.69, 9.17) is 42.9 Å². The number of rotatable bonds is 12. The normalized spacial score (nSPS) is 14.3. The van der Waals surface area contributed by atoms with Gasteiger partial charge >= 0.3 is 12.1 Å². The minimum atomic E-state index is -0.998. The number of benzene rings is 2. The number of carbonyl (C=O) groups is 4. The molecule has 0 saturated carbocycles. The van der Waals surface area contributed by atoms with Crippen LogP contribution in [-0.2, 0) is 28.0 Å². The third kappa shape index (κ3) is 10.4. The summed E-state index contributed by atoms with van der Waals surface area (Å²) in [7, 11) is 1.87. The van der Waals surface area contributed by atoms with Gasteiger partial charge < -0.3 is 30.1 Å². The molecule has 0 spiro atoms. The lowest BCUT2D eigenvalue weighted by atomic mass is 9.92. The number of piperidine rings is 1. The predicted octanol–water partition coefficient (Wildman–Crippen LogP) is 6.43.